The first-order valence-electron chi connectivity index (χ1n) is 10.8. The molecule has 1 saturated carbocycles. The second-order valence-corrected chi connectivity index (χ2v) is 10.6. The lowest BCUT2D eigenvalue weighted by molar-refractivity contribution is -0.274. The molecule has 2 aromatic carbocycles. The molecule has 182 valence electrons. The molecule has 1 aliphatic carbocycles. The first-order valence-corrected chi connectivity index (χ1v) is 12.4. The van der Waals surface area contributed by atoms with Crippen molar-refractivity contribution in [2.75, 3.05) is 16.0 Å². The summed E-state index contributed by atoms with van der Waals surface area (Å²) in [5.74, 6) is -1.33. The van der Waals surface area contributed by atoms with E-state index in [1.807, 2.05) is 6.92 Å². The fourth-order valence-corrected chi connectivity index (χ4v) is 5.26. The molecule has 4 rings (SSSR count). The first-order chi connectivity index (χ1) is 15.9. The average Bonchev–Trinajstić information content (AvgIpc) is 3.54. The number of halogens is 3. The van der Waals surface area contributed by atoms with E-state index in [0.29, 0.717) is 6.42 Å². The normalized spacial score (nSPS) is 17.9. The molecule has 11 heteroatoms. The Kier molecular flexibility index (Phi) is 6.32. The highest BCUT2D eigenvalue weighted by Gasteiger charge is 2.39. The van der Waals surface area contributed by atoms with Crippen molar-refractivity contribution in [1.29, 1.82) is 0 Å². The highest BCUT2D eigenvalue weighted by molar-refractivity contribution is 7.91. The van der Waals surface area contributed by atoms with Crippen LogP contribution in [0.3, 0.4) is 0 Å². The Hall–Kier alpha value is -3.08. The molecule has 2 aromatic rings. The number of hydrogen-bond donors (Lipinski definition) is 1. The third kappa shape index (κ3) is 5.52. The molecule has 0 saturated heterocycles. The van der Waals surface area contributed by atoms with Crippen molar-refractivity contribution >= 4 is 33.0 Å². The van der Waals surface area contributed by atoms with Crippen LogP contribution in [-0.2, 0) is 25.8 Å². The highest BCUT2D eigenvalue weighted by atomic mass is 32.2. The van der Waals surface area contributed by atoms with Crippen molar-refractivity contribution < 1.29 is 35.9 Å². The van der Waals surface area contributed by atoms with Gasteiger partial charge in [0, 0.05) is 29.8 Å². The van der Waals surface area contributed by atoms with E-state index in [2.05, 4.69) is 10.1 Å². The van der Waals surface area contributed by atoms with E-state index in [1.54, 1.807) is 17.0 Å². The predicted octanol–water partition coefficient (Wildman–Crippen LogP) is 4.08. The van der Waals surface area contributed by atoms with Crippen LogP contribution < -0.4 is 15.0 Å². The lowest BCUT2D eigenvalue weighted by atomic mass is 10.1. The summed E-state index contributed by atoms with van der Waals surface area (Å²) in [6.45, 7) is 1.93. The highest BCUT2D eigenvalue weighted by Crippen LogP contribution is 2.39. The van der Waals surface area contributed by atoms with Crippen molar-refractivity contribution in [3.8, 4) is 5.75 Å². The number of ether oxygens (including phenoxy) is 1. The number of carbonyl (C=O) groups is 2. The molecule has 1 aliphatic heterocycles. The molecule has 2 amide bonds. The van der Waals surface area contributed by atoms with E-state index in [0.717, 1.165) is 36.2 Å². The minimum absolute atomic E-state index is 0.0419. The van der Waals surface area contributed by atoms with Gasteiger partial charge in [0.1, 0.15) is 5.75 Å². The van der Waals surface area contributed by atoms with Crippen LogP contribution in [0.15, 0.2) is 47.4 Å². The second kappa shape index (κ2) is 8.94. The molecule has 0 spiro atoms. The van der Waals surface area contributed by atoms with Gasteiger partial charge in [-0.15, -0.1) is 13.2 Å². The zero-order valence-electron chi connectivity index (χ0n) is 18.3. The summed E-state index contributed by atoms with van der Waals surface area (Å²) in [6.07, 6.45) is -2.82. The summed E-state index contributed by atoms with van der Waals surface area (Å²) >= 11 is 0. The van der Waals surface area contributed by atoms with Crippen molar-refractivity contribution in [2.24, 2.45) is 5.92 Å². The van der Waals surface area contributed by atoms with Gasteiger partial charge in [-0.05, 0) is 74.2 Å². The Morgan fingerprint density at radius 1 is 1.12 bits per heavy atom. The zero-order chi connectivity index (χ0) is 24.7. The van der Waals surface area contributed by atoms with Gasteiger partial charge >= 0.3 is 6.36 Å². The molecular formula is C23H23F3N2O5S. The Balaban J connectivity index is 1.37. The van der Waals surface area contributed by atoms with Crippen molar-refractivity contribution in [2.45, 2.75) is 49.9 Å². The molecule has 0 bridgehead atoms. The maximum atomic E-state index is 12.8. The van der Waals surface area contributed by atoms with Gasteiger partial charge in [0.15, 0.2) is 9.84 Å². The summed E-state index contributed by atoms with van der Waals surface area (Å²) in [5.41, 5.74) is 1.73. The lowest BCUT2D eigenvalue weighted by Crippen LogP contribution is -2.36. The van der Waals surface area contributed by atoms with E-state index in [4.69, 9.17) is 0 Å². The minimum Gasteiger partial charge on any atom is -0.406 e. The number of carbonyl (C=O) groups excluding carboxylic acids is 2. The number of amides is 2. The molecule has 0 unspecified atom stereocenters. The Labute approximate surface area is 194 Å². The second-order valence-electron chi connectivity index (χ2n) is 8.52. The Morgan fingerprint density at radius 3 is 2.41 bits per heavy atom. The van der Waals surface area contributed by atoms with Gasteiger partial charge < -0.3 is 15.0 Å². The zero-order valence-corrected chi connectivity index (χ0v) is 19.1. The third-order valence-electron chi connectivity index (χ3n) is 5.76. The summed E-state index contributed by atoms with van der Waals surface area (Å²) in [6, 6.07) is 9.17. The Morgan fingerprint density at radius 2 is 1.79 bits per heavy atom. The van der Waals surface area contributed by atoms with Crippen molar-refractivity contribution in [3.05, 3.63) is 48.0 Å². The molecule has 1 heterocycles. The molecule has 1 atom stereocenters. The average molecular weight is 497 g/mol. The van der Waals surface area contributed by atoms with Gasteiger partial charge in [-0.1, -0.05) is 0 Å². The van der Waals surface area contributed by atoms with Crippen LogP contribution in [0.4, 0.5) is 24.5 Å². The molecule has 7 nitrogen and oxygen atoms in total. The number of benzene rings is 2. The van der Waals surface area contributed by atoms with Crippen molar-refractivity contribution in [1.82, 2.24) is 0 Å². The first kappa shape index (κ1) is 24.1. The monoisotopic (exact) mass is 496 g/mol. The fraction of sp³-hybridized carbons (Fsp3) is 0.391. The Bertz CT molecular complexity index is 1210. The predicted molar refractivity (Wildman–Crippen MR) is 118 cm³/mol. The van der Waals surface area contributed by atoms with E-state index in [-0.39, 0.29) is 34.9 Å². The van der Waals surface area contributed by atoms with Crippen LogP contribution in [0.1, 0.15) is 31.7 Å². The third-order valence-corrected chi connectivity index (χ3v) is 7.47. The molecule has 0 aromatic heterocycles. The van der Waals surface area contributed by atoms with E-state index in [9.17, 15) is 31.2 Å². The van der Waals surface area contributed by atoms with Crippen molar-refractivity contribution in [3.63, 3.8) is 0 Å². The number of rotatable bonds is 7. The van der Waals surface area contributed by atoms with Gasteiger partial charge in [-0.2, -0.15) is 0 Å². The number of nitrogens with zero attached hydrogens (tertiary/aromatic N) is 1. The molecule has 0 radical (unpaired) electrons. The van der Waals surface area contributed by atoms with Gasteiger partial charge in [0.05, 0.1) is 10.6 Å². The van der Waals surface area contributed by atoms with Gasteiger partial charge in [0.25, 0.3) is 0 Å². The van der Waals surface area contributed by atoms with Gasteiger partial charge in [-0.25, -0.2) is 8.42 Å². The topological polar surface area (TPSA) is 92.8 Å². The van der Waals surface area contributed by atoms with Crippen LogP contribution in [0.5, 0.6) is 5.75 Å². The standard InChI is InChI=1S/C23H23F3N2O5S/c1-14-12-16-13-19(8-9-20(16)28(14)22(30)15-2-3-15)34(31,32)11-10-21(29)27-17-4-6-18(7-5-17)33-23(24,25)26/h4-9,13-15H,2-3,10-12H2,1H3,(H,27,29)/t14-/m0/s1. The lowest BCUT2D eigenvalue weighted by Gasteiger charge is -2.22. The molecule has 34 heavy (non-hydrogen) atoms. The summed E-state index contributed by atoms with van der Waals surface area (Å²) in [5, 5.41) is 2.45. The van der Waals surface area contributed by atoms with Gasteiger partial charge in [-0.3, -0.25) is 9.59 Å². The maximum Gasteiger partial charge on any atom is 0.573 e. The van der Waals surface area contributed by atoms with E-state index in [1.165, 1.54) is 18.2 Å². The number of fused-ring (bicyclic) bond motifs is 1. The largest absolute Gasteiger partial charge is 0.573 e. The molecule has 2 aliphatic rings. The quantitative estimate of drug-likeness (QED) is 0.624. The molecule has 1 N–H and O–H groups in total. The van der Waals surface area contributed by atoms with Crippen LogP contribution in [0.25, 0.3) is 0 Å². The molecule has 1 fully saturated rings. The van der Waals surface area contributed by atoms with Gasteiger partial charge in [0.2, 0.25) is 11.8 Å². The maximum absolute atomic E-state index is 12.8. The summed E-state index contributed by atoms with van der Waals surface area (Å²) < 4.78 is 66.0. The fourth-order valence-electron chi connectivity index (χ4n) is 3.97. The smallest absolute Gasteiger partial charge is 0.406 e. The summed E-state index contributed by atoms with van der Waals surface area (Å²) in [7, 11) is -3.76. The van der Waals surface area contributed by atoms with E-state index >= 15 is 0 Å². The number of nitrogens with one attached hydrogen (secondary N) is 1. The molecular weight excluding hydrogens is 473 g/mol. The van der Waals surface area contributed by atoms with Crippen LogP contribution in [-0.4, -0.2) is 38.4 Å². The number of sulfone groups is 1. The number of hydrogen-bond acceptors (Lipinski definition) is 5. The van der Waals surface area contributed by atoms with Crippen LogP contribution in [0.2, 0.25) is 0 Å². The minimum atomic E-state index is -4.82. The SMILES string of the molecule is C[C@H]1Cc2cc(S(=O)(=O)CCC(=O)Nc3ccc(OC(F)(F)F)cc3)ccc2N1C(=O)C1CC1. The van der Waals surface area contributed by atoms with Crippen LogP contribution in [0, 0.1) is 5.92 Å². The summed E-state index contributed by atoms with van der Waals surface area (Å²) in [4.78, 5) is 26.6. The van der Waals surface area contributed by atoms with E-state index < -0.39 is 33.6 Å². The van der Waals surface area contributed by atoms with Crippen LogP contribution >= 0.6 is 0 Å². The number of anilines is 2. The number of alkyl halides is 3.